The van der Waals surface area contributed by atoms with Gasteiger partial charge in [0.15, 0.2) is 0 Å². The van der Waals surface area contributed by atoms with Gasteiger partial charge in [0.25, 0.3) is 0 Å². The summed E-state index contributed by atoms with van der Waals surface area (Å²) in [5.74, 6) is -0.756. The molecule has 0 spiro atoms. The van der Waals surface area contributed by atoms with Crippen molar-refractivity contribution < 1.29 is 23.8 Å². The molecule has 3 rings (SSSR count). The Bertz CT molecular complexity index is 689. The van der Waals surface area contributed by atoms with E-state index >= 15 is 0 Å². The Morgan fingerprint density at radius 3 is 1.65 bits per heavy atom. The zero-order chi connectivity index (χ0) is 16.4. The highest BCUT2D eigenvalue weighted by molar-refractivity contribution is 5.90. The minimum absolute atomic E-state index is 0.132. The monoisotopic (exact) mass is 312 g/mol. The first-order chi connectivity index (χ1) is 11.1. The molecule has 1 heterocycles. The van der Waals surface area contributed by atoms with Crippen LogP contribution in [0.1, 0.15) is 44.1 Å². The topological polar surface area (TPSA) is 65.1 Å². The van der Waals surface area contributed by atoms with Crippen LogP contribution in [0.3, 0.4) is 0 Å². The molecule has 2 atom stereocenters. The third kappa shape index (κ3) is 3.10. The maximum absolute atomic E-state index is 11.6. The Hall–Kier alpha value is -2.66. The average molecular weight is 312 g/mol. The normalized spacial score (nSPS) is 19.0. The van der Waals surface area contributed by atoms with Crippen LogP contribution in [0.15, 0.2) is 48.5 Å². The molecule has 5 heteroatoms. The lowest BCUT2D eigenvalue weighted by atomic mass is 10.0. The summed E-state index contributed by atoms with van der Waals surface area (Å²) in [5, 5.41) is 0. The molecule has 5 nitrogen and oxygen atoms in total. The van der Waals surface area contributed by atoms with Crippen molar-refractivity contribution in [2.24, 2.45) is 0 Å². The van der Waals surface area contributed by atoms with Crippen molar-refractivity contribution in [2.45, 2.75) is 12.2 Å². The lowest BCUT2D eigenvalue weighted by Crippen LogP contribution is -2.02. The van der Waals surface area contributed by atoms with Gasteiger partial charge in [-0.1, -0.05) is 24.3 Å². The van der Waals surface area contributed by atoms with Crippen molar-refractivity contribution in [3.8, 4) is 0 Å². The van der Waals surface area contributed by atoms with E-state index in [2.05, 4.69) is 0 Å². The molecule has 0 aliphatic carbocycles. The van der Waals surface area contributed by atoms with E-state index in [1.165, 1.54) is 14.2 Å². The van der Waals surface area contributed by atoms with Gasteiger partial charge in [0.1, 0.15) is 12.2 Å². The standard InChI is InChI=1S/C18H16O5/c1-21-17(19)13-7-3-5-11(9-13)15-16(23-15)12-6-4-8-14(10-12)18(20)22-2/h3-10,15-16H,1-2H3/t15-,16-/m1/s1. The van der Waals surface area contributed by atoms with Crippen molar-refractivity contribution in [2.75, 3.05) is 14.2 Å². The van der Waals surface area contributed by atoms with Crippen LogP contribution in [-0.4, -0.2) is 26.2 Å². The number of methoxy groups -OCH3 is 2. The van der Waals surface area contributed by atoms with E-state index in [0.717, 1.165) is 11.1 Å². The quantitative estimate of drug-likeness (QED) is 0.641. The predicted octanol–water partition coefficient (Wildman–Crippen LogP) is 3.07. The Labute approximate surface area is 133 Å². The van der Waals surface area contributed by atoms with E-state index in [4.69, 9.17) is 14.2 Å². The molecule has 1 aliphatic rings. The molecule has 1 fully saturated rings. The van der Waals surface area contributed by atoms with Gasteiger partial charge < -0.3 is 14.2 Å². The number of carbonyl (C=O) groups is 2. The van der Waals surface area contributed by atoms with Crippen LogP contribution in [0.4, 0.5) is 0 Å². The maximum atomic E-state index is 11.6. The van der Waals surface area contributed by atoms with Crippen LogP contribution in [0.25, 0.3) is 0 Å². The Balaban J connectivity index is 1.80. The highest BCUT2D eigenvalue weighted by atomic mass is 16.6. The van der Waals surface area contributed by atoms with Gasteiger partial charge in [0.05, 0.1) is 25.3 Å². The first-order valence-corrected chi connectivity index (χ1v) is 7.16. The predicted molar refractivity (Wildman–Crippen MR) is 82.1 cm³/mol. The molecule has 1 saturated heterocycles. The van der Waals surface area contributed by atoms with Crippen LogP contribution >= 0.6 is 0 Å². The van der Waals surface area contributed by atoms with Crippen molar-refractivity contribution in [3.05, 3.63) is 70.8 Å². The number of hydrogen-bond donors (Lipinski definition) is 0. The van der Waals surface area contributed by atoms with Gasteiger partial charge in [-0.2, -0.15) is 0 Å². The van der Waals surface area contributed by atoms with Crippen molar-refractivity contribution in [3.63, 3.8) is 0 Å². The van der Waals surface area contributed by atoms with Crippen molar-refractivity contribution in [1.29, 1.82) is 0 Å². The van der Waals surface area contributed by atoms with Crippen molar-refractivity contribution >= 4 is 11.9 Å². The first kappa shape index (κ1) is 15.2. The van der Waals surface area contributed by atoms with Crippen LogP contribution in [0.5, 0.6) is 0 Å². The number of carbonyl (C=O) groups excluding carboxylic acids is 2. The summed E-state index contributed by atoms with van der Waals surface area (Å²) in [5.41, 5.74) is 2.79. The molecule has 0 N–H and O–H groups in total. The molecule has 0 bridgehead atoms. The Kier molecular flexibility index (Phi) is 4.12. The molecule has 118 valence electrons. The van der Waals surface area contributed by atoms with Gasteiger partial charge in [-0.3, -0.25) is 0 Å². The third-order valence-electron chi connectivity index (χ3n) is 3.76. The van der Waals surface area contributed by atoms with Gasteiger partial charge in [0.2, 0.25) is 0 Å². The van der Waals surface area contributed by atoms with Gasteiger partial charge >= 0.3 is 11.9 Å². The summed E-state index contributed by atoms with van der Waals surface area (Å²) in [4.78, 5) is 23.2. The van der Waals surface area contributed by atoms with Crippen LogP contribution in [0, 0.1) is 0 Å². The van der Waals surface area contributed by atoms with E-state index in [9.17, 15) is 9.59 Å². The van der Waals surface area contributed by atoms with Crippen LogP contribution in [-0.2, 0) is 14.2 Å². The molecular weight excluding hydrogens is 296 g/mol. The third-order valence-corrected chi connectivity index (χ3v) is 3.76. The van der Waals surface area contributed by atoms with Gasteiger partial charge in [-0.25, -0.2) is 9.59 Å². The van der Waals surface area contributed by atoms with E-state index in [0.29, 0.717) is 11.1 Å². The smallest absolute Gasteiger partial charge is 0.337 e. The molecule has 0 aromatic heterocycles. The molecule has 0 unspecified atom stereocenters. The number of epoxide rings is 1. The van der Waals surface area contributed by atoms with Gasteiger partial charge in [-0.05, 0) is 35.4 Å². The lowest BCUT2D eigenvalue weighted by molar-refractivity contribution is 0.0591. The first-order valence-electron chi connectivity index (χ1n) is 7.16. The second kappa shape index (κ2) is 6.22. The van der Waals surface area contributed by atoms with Crippen molar-refractivity contribution in [1.82, 2.24) is 0 Å². The fraction of sp³-hybridized carbons (Fsp3) is 0.222. The molecule has 1 aliphatic heterocycles. The molecule has 0 saturated carbocycles. The summed E-state index contributed by atoms with van der Waals surface area (Å²) in [7, 11) is 2.70. The van der Waals surface area contributed by atoms with Gasteiger partial charge in [-0.15, -0.1) is 0 Å². The second-order valence-electron chi connectivity index (χ2n) is 5.21. The number of ether oxygens (including phenoxy) is 3. The fourth-order valence-corrected chi connectivity index (χ4v) is 2.54. The van der Waals surface area contributed by atoms with Crippen LogP contribution < -0.4 is 0 Å². The molecular formula is C18H16O5. The van der Waals surface area contributed by atoms with Crippen LogP contribution in [0.2, 0.25) is 0 Å². The summed E-state index contributed by atoms with van der Waals surface area (Å²) < 4.78 is 15.2. The zero-order valence-corrected chi connectivity index (χ0v) is 12.8. The van der Waals surface area contributed by atoms with E-state index < -0.39 is 0 Å². The van der Waals surface area contributed by atoms with E-state index in [1.54, 1.807) is 36.4 Å². The SMILES string of the molecule is COC(=O)c1cccc([C@H]2O[C@@H]2c2cccc(C(=O)OC)c2)c1. The molecule has 2 aromatic carbocycles. The summed E-state index contributed by atoms with van der Waals surface area (Å²) in [6.45, 7) is 0. The molecule has 0 radical (unpaired) electrons. The number of hydrogen-bond acceptors (Lipinski definition) is 5. The molecule has 0 amide bonds. The highest BCUT2D eigenvalue weighted by Gasteiger charge is 2.41. The van der Waals surface area contributed by atoms with E-state index in [-0.39, 0.29) is 24.1 Å². The minimum Gasteiger partial charge on any atom is -0.465 e. The Morgan fingerprint density at radius 1 is 0.826 bits per heavy atom. The lowest BCUT2D eigenvalue weighted by Gasteiger charge is -2.03. The largest absolute Gasteiger partial charge is 0.465 e. The maximum Gasteiger partial charge on any atom is 0.337 e. The zero-order valence-electron chi connectivity index (χ0n) is 12.8. The summed E-state index contributed by atoms with van der Waals surface area (Å²) in [6.07, 6.45) is -0.264. The minimum atomic E-state index is -0.378. The molecule has 2 aromatic rings. The molecule has 23 heavy (non-hydrogen) atoms. The summed E-state index contributed by atoms with van der Waals surface area (Å²) >= 11 is 0. The Morgan fingerprint density at radius 2 is 1.26 bits per heavy atom. The van der Waals surface area contributed by atoms with Gasteiger partial charge in [0, 0.05) is 0 Å². The second-order valence-corrected chi connectivity index (χ2v) is 5.21. The van der Waals surface area contributed by atoms with E-state index in [1.807, 2.05) is 12.1 Å². The number of esters is 2. The average Bonchev–Trinajstić information content (AvgIpc) is 3.41. The number of rotatable bonds is 4. The fourth-order valence-electron chi connectivity index (χ4n) is 2.54. The summed E-state index contributed by atoms with van der Waals surface area (Å²) in [6, 6.07) is 14.3. The highest BCUT2D eigenvalue weighted by Crippen LogP contribution is 2.51. The number of benzene rings is 2.